The Labute approximate surface area is 118 Å². The Morgan fingerprint density at radius 3 is 2.70 bits per heavy atom. The van der Waals surface area contributed by atoms with Crippen LogP contribution in [0.1, 0.15) is 19.5 Å². The minimum atomic E-state index is -0.480. The highest BCUT2D eigenvalue weighted by molar-refractivity contribution is 5.81. The number of nitrogens with zero attached hydrogens (tertiary/aromatic N) is 1. The summed E-state index contributed by atoms with van der Waals surface area (Å²) in [5.41, 5.74) is 8.54. The maximum atomic E-state index is 11.8. The summed E-state index contributed by atoms with van der Waals surface area (Å²) in [6, 6.07) is 11.3. The van der Waals surface area contributed by atoms with E-state index in [9.17, 15) is 4.79 Å². The van der Waals surface area contributed by atoms with Gasteiger partial charge < -0.3 is 11.1 Å². The summed E-state index contributed by atoms with van der Waals surface area (Å²) in [7, 11) is 0. The van der Waals surface area contributed by atoms with E-state index in [0.717, 1.165) is 17.0 Å². The van der Waals surface area contributed by atoms with Crippen LogP contribution in [0.3, 0.4) is 0 Å². The zero-order chi connectivity index (χ0) is 14.5. The van der Waals surface area contributed by atoms with Gasteiger partial charge in [-0.05, 0) is 12.0 Å². The summed E-state index contributed by atoms with van der Waals surface area (Å²) in [5.74, 6) is -0.0208. The Balaban J connectivity index is 1.96. The summed E-state index contributed by atoms with van der Waals surface area (Å²) in [5, 5.41) is 9.97. The molecule has 0 radical (unpaired) electrons. The smallest absolute Gasteiger partial charge is 0.237 e. The molecule has 0 spiro atoms. The monoisotopic (exact) mass is 272 g/mol. The molecule has 1 aromatic carbocycles. The van der Waals surface area contributed by atoms with E-state index in [0.29, 0.717) is 6.54 Å². The molecule has 1 aromatic heterocycles. The first-order valence-electron chi connectivity index (χ1n) is 6.71. The van der Waals surface area contributed by atoms with Crippen molar-refractivity contribution in [1.29, 1.82) is 0 Å². The van der Waals surface area contributed by atoms with Gasteiger partial charge in [-0.15, -0.1) is 0 Å². The van der Waals surface area contributed by atoms with E-state index in [2.05, 4.69) is 15.5 Å². The fourth-order valence-corrected chi connectivity index (χ4v) is 1.81. The van der Waals surface area contributed by atoms with E-state index in [1.807, 2.05) is 50.2 Å². The highest BCUT2D eigenvalue weighted by Gasteiger charge is 2.16. The number of benzene rings is 1. The predicted octanol–water partition coefficient (Wildman–Crippen LogP) is 1.68. The molecule has 0 aliphatic carbocycles. The lowest BCUT2D eigenvalue weighted by atomic mass is 10.1. The molecule has 1 atom stereocenters. The number of carbonyl (C=O) groups is 1. The van der Waals surface area contributed by atoms with Gasteiger partial charge >= 0.3 is 0 Å². The van der Waals surface area contributed by atoms with Crippen molar-refractivity contribution in [2.45, 2.75) is 26.4 Å². The molecule has 0 saturated heterocycles. The van der Waals surface area contributed by atoms with Gasteiger partial charge in [0, 0.05) is 5.56 Å². The number of nitrogens with two attached hydrogens (primary N) is 1. The third-order valence-corrected chi connectivity index (χ3v) is 3.17. The Kier molecular flexibility index (Phi) is 4.53. The summed E-state index contributed by atoms with van der Waals surface area (Å²) in [4.78, 5) is 11.8. The summed E-state index contributed by atoms with van der Waals surface area (Å²) < 4.78 is 0. The van der Waals surface area contributed by atoms with Gasteiger partial charge in [0.25, 0.3) is 0 Å². The molecule has 20 heavy (non-hydrogen) atoms. The Hall–Kier alpha value is -2.14. The molecule has 0 fully saturated rings. The Bertz CT molecular complexity index is 562. The van der Waals surface area contributed by atoms with E-state index in [1.165, 1.54) is 0 Å². The normalized spacial score (nSPS) is 12.4. The van der Waals surface area contributed by atoms with Gasteiger partial charge in [-0.2, -0.15) is 5.10 Å². The molecule has 0 saturated carbocycles. The maximum Gasteiger partial charge on any atom is 0.237 e. The number of amides is 1. The van der Waals surface area contributed by atoms with Gasteiger partial charge in [0.05, 0.1) is 24.0 Å². The molecule has 5 nitrogen and oxygen atoms in total. The second kappa shape index (κ2) is 6.34. The SMILES string of the molecule is CC(C)[C@@H](N)C(=O)NCc1cc(-c2ccccc2)n[nH]1. The van der Waals surface area contributed by atoms with Gasteiger partial charge in [0.2, 0.25) is 5.91 Å². The molecular formula is C15H20N4O. The van der Waals surface area contributed by atoms with Crippen molar-refractivity contribution in [2.24, 2.45) is 11.7 Å². The molecule has 1 heterocycles. The van der Waals surface area contributed by atoms with Crippen molar-refractivity contribution in [2.75, 3.05) is 0 Å². The molecule has 106 valence electrons. The Morgan fingerprint density at radius 2 is 2.05 bits per heavy atom. The van der Waals surface area contributed by atoms with Crippen molar-refractivity contribution < 1.29 is 4.79 Å². The van der Waals surface area contributed by atoms with Crippen LogP contribution >= 0.6 is 0 Å². The van der Waals surface area contributed by atoms with E-state index < -0.39 is 6.04 Å². The number of hydrogen-bond donors (Lipinski definition) is 3. The van der Waals surface area contributed by atoms with Crippen molar-refractivity contribution in [1.82, 2.24) is 15.5 Å². The number of rotatable bonds is 5. The van der Waals surface area contributed by atoms with Crippen molar-refractivity contribution in [3.63, 3.8) is 0 Å². The molecule has 0 unspecified atom stereocenters. The predicted molar refractivity (Wildman–Crippen MR) is 78.7 cm³/mol. The lowest BCUT2D eigenvalue weighted by molar-refractivity contribution is -0.123. The fourth-order valence-electron chi connectivity index (χ4n) is 1.81. The summed E-state index contributed by atoms with van der Waals surface area (Å²) >= 11 is 0. The average Bonchev–Trinajstić information content (AvgIpc) is 2.93. The van der Waals surface area contributed by atoms with E-state index in [4.69, 9.17) is 5.73 Å². The van der Waals surface area contributed by atoms with Gasteiger partial charge in [0.15, 0.2) is 0 Å². The summed E-state index contributed by atoms with van der Waals surface area (Å²) in [6.07, 6.45) is 0. The topological polar surface area (TPSA) is 83.8 Å². The molecule has 2 rings (SSSR count). The molecule has 1 amide bonds. The van der Waals surface area contributed by atoms with Crippen LogP contribution < -0.4 is 11.1 Å². The number of hydrogen-bond acceptors (Lipinski definition) is 3. The lowest BCUT2D eigenvalue weighted by Gasteiger charge is -2.14. The standard InChI is InChI=1S/C15H20N4O/c1-10(2)14(16)15(20)17-9-12-8-13(19-18-12)11-6-4-3-5-7-11/h3-8,10,14H,9,16H2,1-2H3,(H,17,20)(H,18,19)/t14-/m1/s1. The third-order valence-electron chi connectivity index (χ3n) is 3.17. The number of H-pyrrole nitrogens is 1. The van der Waals surface area contributed by atoms with Crippen LogP contribution in [-0.4, -0.2) is 22.1 Å². The molecule has 5 heteroatoms. The Morgan fingerprint density at radius 1 is 1.35 bits per heavy atom. The zero-order valence-electron chi connectivity index (χ0n) is 11.8. The van der Waals surface area contributed by atoms with Crippen molar-refractivity contribution in [3.8, 4) is 11.3 Å². The molecule has 0 aliphatic rings. The number of carbonyl (C=O) groups excluding carboxylic acids is 1. The minimum absolute atomic E-state index is 0.122. The van der Waals surface area contributed by atoms with Crippen molar-refractivity contribution in [3.05, 3.63) is 42.1 Å². The first kappa shape index (κ1) is 14.3. The van der Waals surface area contributed by atoms with E-state index >= 15 is 0 Å². The van der Waals surface area contributed by atoms with Crippen LogP contribution in [0.5, 0.6) is 0 Å². The number of aromatic amines is 1. The average molecular weight is 272 g/mol. The highest BCUT2D eigenvalue weighted by atomic mass is 16.2. The van der Waals surface area contributed by atoms with Crippen molar-refractivity contribution >= 4 is 5.91 Å². The van der Waals surface area contributed by atoms with Gasteiger partial charge in [-0.25, -0.2) is 0 Å². The van der Waals surface area contributed by atoms with Gasteiger partial charge in [-0.3, -0.25) is 9.89 Å². The van der Waals surface area contributed by atoms with Crippen LogP contribution in [0.15, 0.2) is 36.4 Å². The zero-order valence-corrected chi connectivity index (χ0v) is 11.8. The number of aromatic nitrogens is 2. The quantitative estimate of drug-likeness (QED) is 0.774. The lowest BCUT2D eigenvalue weighted by Crippen LogP contribution is -2.43. The minimum Gasteiger partial charge on any atom is -0.349 e. The first-order valence-corrected chi connectivity index (χ1v) is 6.71. The molecule has 0 aliphatic heterocycles. The van der Waals surface area contributed by atoms with Crippen LogP contribution in [0.2, 0.25) is 0 Å². The molecule has 2 aromatic rings. The summed E-state index contributed by atoms with van der Waals surface area (Å²) in [6.45, 7) is 4.25. The first-order chi connectivity index (χ1) is 9.58. The maximum absolute atomic E-state index is 11.8. The molecule has 0 bridgehead atoms. The molecule has 4 N–H and O–H groups in total. The number of nitrogens with one attached hydrogen (secondary N) is 2. The van der Waals surface area contributed by atoms with Gasteiger partial charge in [-0.1, -0.05) is 44.2 Å². The van der Waals surface area contributed by atoms with Crippen LogP contribution in [-0.2, 0) is 11.3 Å². The third kappa shape index (κ3) is 3.45. The largest absolute Gasteiger partial charge is 0.349 e. The van der Waals surface area contributed by atoms with Crippen LogP contribution in [0.4, 0.5) is 0 Å². The fraction of sp³-hybridized carbons (Fsp3) is 0.333. The second-order valence-electron chi connectivity index (χ2n) is 5.13. The van der Waals surface area contributed by atoms with E-state index in [-0.39, 0.29) is 11.8 Å². The van der Waals surface area contributed by atoms with Crippen LogP contribution in [0, 0.1) is 5.92 Å². The van der Waals surface area contributed by atoms with E-state index in [1.54, 1.807) is 0 Å². The molecular weight excluding hydrogens is 252 g/mol. The van der Waals surface area contributed by atoms with Crippen LogP contribution in [0.25, 0.3) is 11.3 Å². The van der Waals surface area contributed by atoms with Gasteiger partial charge in [0.1, 0.15) is 0 Å². The second-order valence-corrected chi connectivity index (χ2v) is 5.13. The highest BCUT2D eigenvalue weighted by Crippen LogP contribution is 2.16.